The highest BCUT2D eigenvalue weighted by Gasteiger charge is 2.16. The van der Waals surface area contributed by atoms with Crippen LogP contribution in [-0.4, -0.2) is 60.3 Å². The molecular weight excluding hydrogens is 310 g/mol. The lowest BCUT2D eigenvalue weighted by atomic mass is 10.4. The molecule has 0 amide bonds. The van der Waals surface area contributed by atoms with Crippen molar-refractivity contribution in [2.75, 3.05) is 46.9 Å². The predicted molar refractivity (Wildman–Crippen MR) is 86.3 cm³/mol. The van der Waals surface area contributed by atoms with E-state index < -0.39 is 10.0 Å². The Labute approximate surface area is 131 Å². The van der Waals surface area contributed by atoms with Gasteiger partial charge >= 0.3 is 0 Å². The van der Waals surface area contributed by atoms with Crippen LogP contribution in [-0.2, 0) is 21.3 Å². The Morgan fingerprint density at radius 1 is 1.33 bits per heavy atom. The van der Waals surface area contributed by atoms with Gasteiger partial charge in [-0.25, -0.2) is 13.1 Å². The van der Waals surface area contributed by atoms with Gasteiger partial charge in [-0.05, 0) is 25.7 Å². The molecular formula is C13H25N3O3S2. The van der Waals surface area contributed by atoms with Gasteiger partial charge in [0, 0.05) is 38.2 Å². The summed E-state index contributed by atoms with van der Waals surface area (Å²) in [4.78, 5) is 3.05. The summed E-state index contributed by atoms with van der Waals surface area (Å²) in [5, 5.41) is 3.18. The summed E-state index contributed by atoms with van der Waals surface area (Å²) in [7, 11) is 0.191. The molecule has 0 aliphatic heterocycles. The van der Waals surface area contributed by atoms with Gasteiger partial charge in [0.1, 0.15) is 4.21 Å². The van der Waals surface area contributed by atoms with E-state index in [9.17, 15) is 8.42 Å². The van der Waals surface area contributed by atoms with Gasteiger partial charge in [-0.15, -0.1) is 11.3 Å². The van der Waals surface area contributed by atoms with E-state index in [1.54, 1.807) is 13.2 Å². The number of hydrogen-bond donors (Lipinski definition) is 2. The first-order valence-electron chi connectivity index (χ1n) is 6.96. The fourth-order valence-electron chi connectivity index (χ4n) is 1.65. The number of rotatable bonds is 11. The van der Waals surface area contributed by atoms with E-state index in [2.05, 4.69) is 10.0 Å². The standard InChI is InChI=1S/C13H25N3O3S2/c1-4-14-11-12-5-6-13(20-12)21(17,18)15-7-8-16(2)9-10-19-3/h5-6,14-15H,4,7-11H2,1-3H3. The van der Waals surface area contributed by atoms with Crippen molar-refractivity contribution in [1.82, 2.24) is 14.9 Å². The maximum atomic E-state index is 12.2. The van der Waals surface area contributed by atoms with Crippen LogP contribution >= 0.6 is 11.3 Å². The molecule has 1 aromatic rings. The van der Waals surface area contributed by atoms with Gasteiger partial charge in [-0.1, -0.05) is 6.92 Å². The normalized spacial score (nSPS) is 12.2. The third-order valence-corrected chi connectivity index (χ3v) is 5.95. The predicted octanol–water partition coefficient (Wildman–Crippen LogP) is 0.714. The zero-order chi connectivity index (χ0) is 15.7. The summed E-state index contributed by atoms with van der Waals surface area (Å²) in [6.07, 6.45) is 0. The molecule has 0 bridgehead atoms. The Hall–Kier alpha value is -0.510. The lowest BCUT2D eigenvalue weighted by Gasteiger charge is -2.15. The van der Waals surface area contributed by atoms with Crippen LogP contribution in [0.1, 0.15) is 11.8 Å². The fourth-order valence-corrected chi connectivity index (χ4v) is 4.04. The third-order valence-electron chi connectivity index (χ3n) is 2.91. The van der Waals surface area contributed by atoms with Crippen LogP contribution in [0.25, 0.3) is 0 Å². The maximum absolute atomic E-state index is 12.2. The van der Waals surface area contributed by atoms with Crippen molar-refractivity contribution in [3.05, 3.63) is 17.0 Å². The van der Waals surface area contributed by atoms with Crippen LogP contribution in [0.2, 0.25) is 0 Å². The molecule has 1 aromatic heterocycles. The number of likely N-dealkylation sites (N-methyl/N-ethyl adjacent to an activating group) is 1. The molecule has 0 radical (unpaired) electrons. The highest BCUT2D eigenvalue weighted by molar-refractivity contribution is 7.91. The number of nitrogens with one attached hydrogen (secondary N) is 2. The molecule has 122 valence electrons. The molecule has 1 heterocycles. The van der Waals surface area contributed by atoms with Crippen molar-refractivity contribution < 1.29 is 13.2 Å². The lowest BCUT2D eigenvalue weighted by Crippen LogP contribution is -2.34. The first-order chi connectivity index (χ1) is 9.99. The van der Waals surface area contributed by atoms with Gasteiger partial charge in [-0.2, -0.15) is 0 Å². The van der Waals surface area contributed by atoms with Gasteiger partial charge in [0.15, 0.2) is 0 Å². The van der Waals surface area contributed by atoms with Gasteiger partial charge in [0.05, 0.1) is 6.61 Å². The maximum Gasteiger partial charge on any atom is 0.250 e. The molecule has 0 aliphatic rings. The molecule has 6 nitrogen and oxygen atoms in total. The molecule has 0 fully saturated rings. The van der Waals surface area contributed by atoms with E-state index in [0.29, 0.717) is 30.5 Å². The summed E-state index contributed by atoms with van der Waals surface area (Å²) < 4.78 is 32.3. The summed E-state index contributed by atoms with van der Waals surface area (Å²) in [6.45, 7) is 6.06. The van der Waals surface area contributed by atoms with E-state index in [0.717, 1.165) is 18.0 Å². The summed E-state index contributed by atoms with van der Waals surface area (Å²) >= 11 is 1.31. The number of ether oxygens (including phenoxy) is 1. The van der Waals surface area contributed by atoms with Gasteiger partial charge < -0.3 is 15.0 Å². The minimum atomic E-state index is -3.40. The molecule has 0 saturated carbocycles. The zero-order valence-corrected chi connectivity index (χ0v) is 14.5. The first kappa shape index (κ1) is 18.5. The first-order valence-corrected chi connectivity index (χ1v) is 9.26. The molecule has 0 unspecified atom stereocenters. The summed E-state index contributed by atoms with van der Waals surface area (Å²) in [5.41, 5.74) is 0. The number of sulfonamides is 1. The molecule has 0 aromatic carbocycles. The Bertz CT molecular complexity index is 503. The van der Waals surface area contributed by atoms with Crippen LogP contribution < -0.4 is 10.0 Å². The van der Waals surface area contributed by atoms with Gasteiger partial charge in [0.2, 0.25) is 10.0 Å². The smallest absolute Gasteiger partial charge is 0.250 e. The Morgan fingerprint density at radius 3 is 2.76 bits per heavy atom. The summed E-state index contributed by atoms with van der Waals surface area (Å²) in [6, 6.07) is 3.51. The molecule has 0 saturated heterocycles. The van der Waals surface area contributed by atoms with E-state index in [1.165, 1.54) is 11.3 Å². The van der Waals surface area contributed by atoms with Crippen LogP contribution in [0.3, 0.4) is 0 Å². The van der Waals surface area contributed by atoms with E-state index in [-0.39, 0.29) is 0 Å². The van der Waals surface area contributed by atoms with Crippen LogP contribution in [0, 0.1) is 0 Å². The molecule has 21 heavy (non-hydrogen) atoms. The Kier molecular flexibility index (Phi) is 8.38. The Morgan fingerprint density at radius 2 is 2.10 bits per heavy atom. The number of thiophene rings is 1. The average Bonchev–Trinajstić information content (AvgIpc) is 2.92. The topological polar surface area (TPSA) is 70.7 Å². The average molecular weight is 335 g/mol. The molecule has 0 spiro atoms. The van der Waals surface area contributed by atoms with Crippen LogP contribution in [0.4, 0.5) is 0 Å². The van der Waals surface area contributed by atoms with Gasteiger partial charge in [-0.3, -0.25) is 0 Å². The minimum Gasteiger partial charge on any atom is -0.383 e. The quantitative estimate of drug-likeness (QED) is 0.623. The highest BCUT2D eigenvalue weighted by Crippen LogP contribution is 2.21. The van der Waals surface area contributed by atoms with Crippen molar-refractivity contribution >= 4 is 21.4 Å². The second-order valence-corrected chi connectivity index (χ2v) is 7.86. The highest BCUT2D eigenvalue weighted by atomic mass is 32.2. The molecule has 2 N–H and O–H groups in total. The molecule has 0 aliphatic carbocycles. The number of methoxy groups -OCH3 is 1. The molecule has 0 atom stereocenters. The van der Waals surface area contributed by atoms with Crippen LogP contribution in [0.15, 0.2) is 16.3 Å². The fraction of sp³-hybridized carbons (Fsp3) is 0.692. The van der Waals surface area contributed by atoms with Crippen molar-refractivity contribution in [2.24, 2.45) is 0 Å². The van der Waals surface area contributed by atoms with E-state index >= 15 is 0 Å². The second kappa shape index (κ2) is 9.50. The van der Waals surface area contributed by atoms with Crippen molar-refractivity contribution in [3.63, 3.8) is 0 Å². The minimum absolute atomic E-state index is 0.370. The van der Waals surface area contributed by atoms with Crippen molar-refractivity contribution in [2.45, 2.75) is 17.7 Å². The third kappa shape index (κ3) is 6.86. The molecule has 8 heteroatoms. The largest absolute Gasteiger partial charge is 0.383 e. The number of nitrogens with zero attached hydrogens (tertiary/aromatic N) is 1. The van der Waals surface area contributed by atoms with E-state index in [1.807, 2.05) is 24.9 Å². The van der Waals surface area contributed by atoms with E-state index in [4.69, 9.17) is 4.74 Å². The van der Waals surface area contributed by atoms with Crippen LogP contribution in [0.5, 0.6) is 0 Å². The summed E-state index contributed by atoms with van der Waals surface area (Å²) in [5.74, 6) is 0. The monoisotopic (exact) mass is 335 g/mol. The SMILES string of the molecule is CCNCc1ccc(S(=O)(=O)NCCN(C)CCOC)s1. The van der Waals surface area contributed by atoms with Crippen molar-refractivity contribution in [3.8, 4) is 0 Å². The lowest BCUT2D eigenvalue weighted by molar-refractivity contribution is 0.162. The molecule has 1 rings (SSSR count). The second-order valence-electron chi connectivity index (χ2n) is 4.69. The zero-order valence-electron chi connectivity index (χ0n) is 12.9. The number of hydrogen-bond acceptors (Lipinski definition) is 6. The van der Waals surface area contributed by atoms with Gasteiger partial charge in [0.25, 0.3) is 0 Å². The van der Waals surface area contributed by atoms with Crippen molar-refractivity contribution in [1.29, 1.82) is 0 Å². The Balaban J connectivity index is 2.44.